The van der Waals surface area contributed by atoms with Crippen molar-refractivity contribution in [3.8, 4) is 0 Å². The number of nitrogens with zero attached hydrogens (tertiary/aromatic N) is 1. The molecule has 0 spiro atoms. The quantitative estimate of drug-likeness (QED) is 0.639. The summed E-state index contributed by atoms with van der Waals surface area (Å²) in [6, 6.07) is 15.9. The monoisotopic (exact) mass is 358 g/mol. The summed E-state index contributed by atoms with van der Waals surface area (Å²) in [5.41, 5.74) is 1.23. The van der Waals surface area contributed by atoms with Crippen LogP contribution in [0.2, 0.25) is 0 Å². The summed E-state index contributed by atoms with van der Waals surface area (Å²) in [5, 5.41) is 0.570. The molecule has 0 aliphatic heterocycles. The van der Waals surface area contributed by atoms with Gasteiger partial charge in [0.15, 0.2) is 0 Å². The molecule has 0 saturated carbocycles. The number of ketones is 1. The Morgan fingerprint density at radius 2 is 1.73 bits per heavy atom. The lowest BCUT2D eigenvalue weighted by Crippen LogP contribution is -2.26. The third-order valence-corrected chi connectivity index (χ3v) is 4.09. The van der Waals surface area contributed by atoms with Crippen molar-refractivity contribution < 1.29 is 18.0 Å². The van der Waals surface area contributed by atoms with Crippen molar-refractivity contribution in [1.82, 2.24) is 4.98 Å². The number of para-hydroxylation sites is 2. The van der Waals surface area contributed by atoms with E-state index in [2.05, 4.69) is 4.98 Å². The second kappa shape index (κ2) is 7.07. The second-order valence-corrected chi connectivity index (χ2v) is 5.74. The number of anilines is 1. The lowest BCUT2D eigenvalue weighted by atomic mass is 10.0. The molecule has 0 unspecified atom stereocenters. The maximum Gasteiger partial charge on any atom is 0.454 e. The molecule has 1 heterocycles. The van der Waals surface area contributed by atoms with E-state index in [0.717, 1.165) is 0 Å². The number of Topliss-reactive ketones (excluding diaryl/α,β-unsaturated/α-hetero) is 1. The number of carbonyl (C=O) groups is 1. The van der Waals surface area contributed by atoms with Gasteiger partial charge >= 0.3 is 6.18 Å². The Kier molecular flexibility index (Phi) is 4.84. The van der Waals surface area contributed by atoms with Gasteiger partial charge in [-0.1, -0.05) is 36.4 Å². The molecule has 6 heteroatoms. The highest BCUT2D eigenvalue weighted by Crippen LogP contribution is 2.32. The van der Waals surface area contributed by atoms with E-state index in [1.807, 2.05) is 13.0 Å². The Labute approximate surface area is 148 Å². The minimum absolute atomic E-state index is 0.234. The van der Waals surface area contributed by atoms with Gasteiger partial charge in [-0.2, -0.15) is 13.2 Å². The molecule has 0 aliphatic carbocycles. The molecule has 0 aliphatic rings. The highest BCUT2D eigenvalue weighted by Gasteiger charge is 2.41. The molecule has 1 aromatic heterocycles. The third-order valence-electron chi connectivity index (χ3n) is 4.09. The number of halogens is 3. The van der Waals surface area contributed by atoms with Gasteiger partial charge in [0.05, 0.1) is 5.57 Å². The average molecular weight is 358 g/mol. The van der Waals surface area contributed by atoms with Crippen LogP contribution in [-0.2, 0) is 4.79 Å². The largest absolute Gasteiger partial charge is 0.454 e. The summed E-state index contributed by atoms with van der Waals surface area (Å²) in [5.74, 6) is -1.86. The lowest BCUT2D eigenvalue weighted by Gasteiger charge is -2.20. The van der Waals surface area contributed by atoms with E-state index in [1.54, 1.807) is 53.4 Å². The first-order valence-electron chi connectivity index (χ1n) is 8.13. The van der Waals surface area contributed by atoms with Crippen molar-refractivity contribution in [2.75, 3.05) is 11.4 Å². The topological polar surface area (TPSA) is 36.1 Å². The van der Waals surface area contributed by atoms with Crippen LogP contribution in [-0.4, -0.2) is 23.5 Å². The molecule has 134 valence electrons. The number of fused-ring (bicyclic) bond motifs is 1. The maximum absolute atomic E-state index is 13.2. The van der Waals surface area contributed by atoms with Gasteiger partial charge in [-0.25, -0.2) is 0 Å². The van der Waals surface area contributed by atoms with E-state index in [-0.39, 0.29) is 11.1 Å². The van der Waals surface area contributed by atoms with E-state index in [1.165, 1.54) is 12.4 Å². The number of aromatic amines is 1. The predicted octanol–water partition coefficient (Wildman–Crippen LogP) is 5.17. The number of H-pyrrole nitrogens is 1. The first-order valence-corrected chi connectivity index (χ1v) is 8.13. The number of aromatic nitrogens is 1. The number of nitrogens with one attached hydrogen (secondary N) is 1. The molecule has 3 rings (SSSR count). The van der Waals surface area contributed by atoms with Gasteiger partial charge in [-0.3, -0.25) is 4.79 Å². The summed E-state index contributed by atoms with van der Waals surface area (Å²) < 4.78 is 39.7. The summed E-state index contributed by atoms with van der Waals surface area (Å²) in [6.07, 6.45) is -2.24. The zero-order valence-corrected chi connectivity index (χ0v) is 14.0. The smallest absolute Gasteiger partial charge is 0.361 e. The summed E-state index contributed by atoms with van der Waals surface area (Å²) in [6.45, 7) is 2.23. The van der Waals surface area contributed by atoms with E-state index >= 15 is 0 Å². The van der Waals surface area contributed by atoms with Gasteiger partial charge in [0, 0.05) is 41.1 Å². The highest BCUT2D eigenvalue weighted by molar-refractivity contribution is 6.26. The van der Waals surface area contributed by atoms with Crippen molar-refractivity contribution in [1.29, 1.82) is 0 Å². The van der Waals surface area contributed by atoms with Gasteiger partial charge in [0.1, 0.15) is 0 Å². The maximum atomic E-state index is 13.2. The Hall–Kier alpha value is -3.02. The fourth-order valence-corrected chi connectivity index (χ4v) is 2.82. The highest BCUT2D eigenvalue weighted by atomic mass is 19.4. The molecule has 3 aromatic rings. The average Bonchev–Trinajstić information content (AvgIpc) is 3.06. The second-order valence-electron chi connectivity index (χ2n) is 5.74. The van der Waals surface area contributed by atoms with Crippen LogP contribution in [0.1, 0.15) is 12.5 Å². The molecule has 2 aromatic carbocycles. The minimum Gasteiger partial charge on any atom is -0.361 e. The Balaban J connectivity index is 2.16. The van der Waals surface area contributed by atoms with E-state index in [4.69, 9.17) is 0 Å². The predicted molar refractivity (Wildman–Crippen MR) is 96.8 cm³/mol. The van der Waals surface area contributed by atoms with Gasteiger partial charge < -0.3 is 9.88 Å². The van der Waals surface area contributed by atoms with Crippen LogP contribution in [0.15, 0.2) is 67.0 Å². The van der Waals surface area contributed by atoms with Gasteiger partial charge in [-0.15, -0.1) is 0 Å². The van der Waals surface area contributed by atoms with Gasteiger partial charge in [0.25, 0.3) is 5.78 Å². The van der Waals surface area contributed by atoms with Gasteiger partial charge in [-0.05, 0) is 25.1 Å². The Bertz CT molecular complexity index is 942. The van der Waals surface area contributed by atoms with Gasteiger partial charge in [0.2, 0.25) is 0 Å². The number of allylic oxidation sites excluding steroid dienone is 1. The van der Waals surface area contributed by atoms with Crippen LogP contribution in [0.25, 0.3) is 16.5 Å². The van der Waals surface area contributed by atoms with Crippen molar-refractivity contribution in [2.24, 2.45) is 0 Å². The van der Waals surface area contributed by atoms with Crippen LogP contribution in [0, 0.1) is 0 Å². The molecule has 0 radical (unpaired) electrons. The zero-order valence-electron chi connectivity index (χ0n) is 14.0. The minimum atomic E-state index is -4.96. The molecule has 0 amide bonds. The van der Waals surface area contributed by atoms with Crippen LogP contribution < -0.4 is 4.90 Å². The fourth-order valence-electron chi connectivity index (χ4n) is 2.82. The molecular formula is C20H17F3N2O. The number of benzene rings is 2. The lowest BCUT2D eigenvalue weighted by molar-refractivity contribution is -0.164. The summed E-state index contributed by atoms with van der Waals surface area (Å²) >= 11 is 0. The molecule has 0 saturated heterocycles. The standard InChI is InChI=1S/C20H17F3N2O/c1-2-25(14-8-4-3-5-9-14)13-17(19(26)20(21,22)23)16-12-24-18-11-7-6-10-15(16)18/h3-13,24H,2H2,1H3/b17-13-. The first-order chi connectivity index (χ1) is 12.4. The Morgan fingerprint density at radius 3 is 2.38 bits per heavy atom. The van der Waals surface area contributed by atoms with Crippen LogP contribution in [0.4, 0.5) is 18.9 Å². The number of alkyl halides is 3. The molecule has 3 nitrogen and oxygen atoms in total. The van der Waals surface area contributed by atoms with E-state index in [0.29, 0.717) is 23.1 Å². The van der Waals surface area contributed by atoms with Crippen LogP contribution in [0.5, 0.6) is 0 Å². The third kappa shape index (κ3) is 3.49. The zero-order chi connectivity index (χ0) is 18.7. The van der Waals surface area contributed by atoms with Crippen molar-refractivity contribution in [3.63, 3.8) is 0 Å². The Morgan fingerprint density at radius 1 is 1.08 bits per heavy atom. The molecule has 1 N–H and O–H groups in total. The number of hydrogen-bond acceptors (Lipinski definition) is 2. The SMILES string of the molecule is CCN(/C=C(\C(=O)C(F)(F)F)c1c[nH]c2ccccc12)c1ccccc1. The van der Waals surface area contributed by atoms with Crippen molar-refractivity contribution >= 4 is 27.9 Å². The van der Waals surface area contributed by atoms with Crippen LogP contribution >= 0.6 is 0 Å². The molecule has 0 atom stereocenters. The fraction of sp³-hybridized carbons (Fsp3) is 0.150. The summed E-state index contributed by atoms with van der Waals surface area (Å²) in [7, 11) is 0. The number of rotatable bonds is 5. The van der Waals surface area contributed by atoms with E-state index in [9.17, 15) is 18.0 Å². The van der Waals surface area contributed by atoms with Crippen LogP contribution in [0.3, 0.4) is 0 Å². The summed E-state index contributed by atoms with van der Waals surface area (Å²) in [4.78, 5) is 16.7. The van der Waals surface area contributed by atoms with Crippen molar-refractivity contribution in [2.45, 2.75) is 13.1 Å². The molecular weight excluding hydrogens is 341 g/mol. The molecule has 26 heavy (non-hydrogen) atoms. The van der Waals surface area contributed by atoms with E-state index < -0.39 is 12.0 Å². The molecule has 0 fully saturated rings. The molecule has 0 bridgehead atoms. The number of carbonyl (C=O) groups excluding carboxylic acids is 1. The number of hydrogen-bond donors (Lipinski definition) is 1. The normalized spacial score (nSPS) is 12.4. The first kappa shape index (κ1) is 17.8. The van der Waals surface area contributed by atoms with Crippen molar-refractivity contribution in [3.05, 3.63) is 72.6 Å².